The number of ether oxygens (including phenoxy) is 2. The fourth-order valence-corrected chi connectivity index (χ4v) is 5.15. The minimum absolute atomic E-state index is 0.0244. The number of benzene rings is 1. The van der Waals surface area contributed by atoms with Crippen molar-refractivity contribution < 1.29 is 23.5 Å². The number of halogens is 1. The van der Waals surface area contributed by atoms with E-state index in [4.69, 9.17) is 9.47 Å². The van der Waals surface area contributed by atoms with Gasteiger partial charge >= 0.3 is 0 Å². The Morgan fingerprint density at radius 1 is 1.05 bits per heavy atom. The summed E-state index contributed by atoms with van der Waals surface area (Å²) in [6.07, 6.45) is 7.15. The van der Waals surface area contributed by atoms with Crippen LogP contribution in [0.25, 0.3) is 22.2 Å². The molecule has 196 valence electrons. The van der Waals surface area contributed by atoms with E-state index < -0.39 is 5.82 Å². The molecule has 2 fully saturated rings. The van der Waals surface area contributed by atoms with Crippen molar-refractivity contribution in [1.82, 2.24) is 20.6 Å². The lowest BCUT2D eigenvalue weighted by molar-refractivity contribution is -0.119. The fourth-order valence-electron chi connectivity index (χ4n) is 5.15. The third-order valence-electron chi connectivity index (χ3n) is 7.29. The first-order chi connectivity index (χ1) is 17.8. The summed E-state index contributed by atoms with van der Waals surface area (Å²) < 4.78 is 25.9. The number of carbonyl (C=O) groups is 2. The number of carbonyl (C=O) groups excluding carboxylic acids is 2. The van der Waals surface area contributed by atoms with E-state index in [1.54, 1.807) is 12.3 Å². The average Bonchev–Trinajstić information content (AvgIpc) is 3.63. The second-order valence-corrected chi connectivity index (χ2v) is 10.2. The highest BCUT2D eigenvalue weighted by Gasteiger charge is 2.27. The number of H-pyrrole nitrogens is 1. The number of aromatic amines is 1. The zero-order valence-corrected chi connectivity index (χ0v) is 21.4. The number of rotatable bonds is 8. The third kappa shape index (κ3) is 5.40. The van der Waals surface area contributed by atoms with E-state index in [1.165, 1.54) is 20.1 Å². The van der Waals surface area contributed by atoms with Crippen LogP contribution in [-0.4, -0.2) is 47.6 Å². The maximum Gasteiger partial charge on any atom is 0.255 e. The highest BCUT2D eigenvalue weighted by molar-refractivity contribution is 6.09. The van der Waals surface area contributed by atoms with E-state index in [0.717, 1.165) is 44.1 Å². The van der Waals surface area contributed by atoms with Crippen LogP contribution in [0.1, 0.15) is 61.5 Å². The van der Waals surface area contributed by atoms with E-state index >= 15 is 0 Å². The van der Waals surface area contributed by atoms with E-state index in [0.29, 0.717) is 46.1 Å². The molecule has 0 saturated heterocycles. The van der Waals surface area contributed by atoms with Gasteiger partial charge in [-0.1, -0.05) is 0 Å². The van der Waals surface area contributed by atoms with Gasteiger partial charge in [0.05, 0.1) is 24.8 Å². The maximum atomic E-state index is 14.6. The highest BCUT2D eigenvalue weighted by Crippen LogP contribution is 2.40. The van der Waals surface area contributed by atoms with Gasteiger partial charge in [-0.25, -0.2) is 4.39 Å². The summed E-state index contributed by atoms with van der Waals surface area (Å²) in [6, 6.07) is 5.03. The predicted octanol–water partition coefficient (Wildman–Crippen LogP) is 4.65. The molecule has 0 unspecified atom stereocenters. The van der Waals surface area contributed by atoms with Crippen molar-refractivity contribution in [2.24, 2.45) is 5.92 Å². The van der Waals surface area contributed by atoms with E-state index in [9.17, 15) is 14.0 Å². The average molecular weight is 509 g/mol. The van der Waals surface area contributed by atoms with Crippen molar-refractivity contribution in [2.45, 2.75) is 64.5 Å². The van der Waals surface area contributed by atoms with Crippen LogP contribution in [0.3, 0.4) is 0 Å². The number of fused-ring (bicyclic) bond motifs is 1. The number of nitrogens with one attached hydrogen (secondary N) is 3. The molecule has 9 heteroatoms. The lowest BCUT2D eigenvalue weighted by atomic mass is 9.91. The molecule has 5 rings (SSSR count). The number of amides is 2. The van der Waals surface area contributed by atoms with Crippen LogP contribution in [0.2, 0.25) is 0 Å². The van der Waals surface area contributed by atoms with Crippen molar-refractivity contribution in [3.8, 4) is 22.6 Å². The number of hydrogen-bond acceptors (Lipinski definition) is 5. The molecule has 0 aliphatic heterocycles. The summed E-state index contributed by atoms with van der Waals surface area (Å²) in [5.74, 6) is 0.369. The molecule has 0 spiro atoms. The summed E-state index contributed by atoms with van der Waals surface area (Å²) in [5, 5.41) is 6.12. The molecule has 1 aromatic carbocycles. The molecular weight excluding hydrogens is 475 g/mol. The van der Waals surface area contributed by atoms with Crippen LogP contribution in [0, 0.1) is 18.7 Å². The summed E-state index contributed by atoms with van der Waals surface area (Å²) >= 11 is 0. The van der Waals surface area contributed by atoms with Crippen LogP contribution in [0.15, 0.2) is 24.4 Å². The lowest BCUT2D eigenvalue weighted by Gasteiger charge is -2.29. The molecule has 0 bridgehead atoms. The normalized spacial score (nSPS) is 19.5. The monoisotopic (exact) mass is 508 g/mol. The molecular formula is C28H33FN4O4. The Balaban J connectivity index is 1.43. The number of methoxy groups -OCH3 is 1. The Morgan fingerprint density at radius 3 is 2.41 bits per heavy atom. The molecule has 0 atom stereocenters. The van der Waals surface area contributed by atoms with Gasteiger partial charge in [0, 0.05) is 48.1 Å². The second kappa shape index (κ2) is 10.4. The molecule has 37 heavy (non-hydrogen) atoms. The number of aromatic nitrogens is 2. The van der Waals surface area contributed by atoms with E-state index in [2.05, 4.69) is 20.6 Å². The Morgan fingerprint density at radius 2 is 1.76 bits per heavy atom. The Labute approximate surface area is 215 Å². The number of nitrogens with zero attached hydrogens (tertiary/aromatic N) is 1. The molecule has 2 heterocycles. The van der Waals surface area contributed by atoms with Gasteiger partial charge in [-0.3, -0.25) is 14.6 Å². The van der Waals surface area contributed by atoms with Gasteiger partial charge in [-0.05, 0) is 63.5 Å². The maximum absolute atomic E-state index is 14.6. The molecule has 2 aliphatic carbocycles. The second-order valence-electron chi connectivity index (χ2n) is 10.2. The fraction of sp³-hybridized carbons (Fsp3) is 0.464. The Bertz CT molecular complexity index is 1330. The molecule has 2 aliphatic rings. The Kier molecular flexibility index (Phi) is 7.04. The van der Waals surface area contributed by atoms with Crippen molar-refractivity contribution in [3.63, 3.8) is 0 Å². The van der Waals surface area contributed by atoms with Crippen molar-refractivity contribution >= 4 is 22.8 Å². The summed E-state index contributed by atoms with van der Waals surface area (Å²) in [6.45, 7) is 3.91. The third-order valence-corrected chi connectivity index (χ3v) is 7.29. The minimum Gasteiger partial charge on any atom is -0.494 e. The van der Waals surface area contributed by atoms with Gasteiger partial charge in [-0.15, -0.1) is 0 Å². The molecule has 0 radical (unpaired) electrons. The first-order valence-electron chi connectivity index (χ1n) is 12.9. The summed E-state index contributed by atoms with van der Waals surface area (Å²) in [4.78, 5) is 32.6. The number of pyridine rings is 1. The van der Waals surface area contributed by atoms with Gasteiger partial charge in [0.1, 0.15) is 11.3 Å². The van der Waals surface area contributed by atoms with Gasteiger partial charge in [0.2, 0.25) is 5.91 Å². The molecule has 2 amide bonds. The largest absolute Gasteiger partial charge is 0.494 e. The summed E-state index contributed by atoms with van der Waals surface area (Å²) in [5.41, 5.74) is 3.87. The first-order valence-corrected chi connectivity index (χ1v) is 12.9. The van der Waals surface area contributed by atoms with E-state index in [-0.39, 0.29) is 29.6 Å². The van der Waals surface area contributed by atoms with Crippen molar-refractivity contribution in [3.05, 3.63) is 41.5 Å². The zero-order chi connectivity index (χ0) is 26.1. The quantitative estimate of drug-likeness (QED) is 0.411. The van der Waals surface area contributed by atoms with Gasteiger partial charge in [0.15, 0.2) is 11.6 Å². The van der Waals surface area contributed by atoms with Crippen LogP contribution in [-0.2, 0) is 4.79 Å². The van der Waals surface area contributed by atoms with Crippen LogP contribution in [0.5, 0.6) is 11.5 Å². The smallest absolute Gasteiger partial charge is 0.255 e. The number of aryl methyl sites for hydroxylation is 1. The molecule has 3 aromatic rings. The lowest BCUT2D eigenvalue weighted by Crippen LogP contribution is -2.43. The molecule has 2 saturated carbocycles. The zero-order valence-electron chi connectivity index (χ0n) is 21.4. The SMILES string of the molecule is COc1cc(-c2ccnc3c(C(=O)N[C@H]4CC[C@H](NC(C)=O)CC4)c(C)[nH]c23)c(OCC2CC2)cc1F. The molecule has 2 aromatic heterocycles. The van der Waals surface area contributed by atoms with Crippen molar-refractivity contribution in [1.29, 1.82) is 0 Å². The topological polar surface area (TPSA) is 105 Å². The van der Waals surface area contributed by atoms with Gasteiger partial charge < -0.3 is 25.1 Å². The minimum atomic E-state index is -0.488. The van der Waals surface area contributed by atoms with Crippen molar-refractivity contribution in [2.75, 3.05) is 13.7 Å². The molecule has 3 N–H and O–H groups in total. The van der Waals surface area contributed by atoms with Gasteiger partial charge in [-0.2, -0.15) is 0 Å². The predicted molar refractivity (Wildman–Crippen MR) is 138 cm³/mol. The van der Waals surface area contributed by atoms with Gasteiger partial charge in [0.25, 0.3) is 5.91 Å². The first kappa shape index (κ1) is 25.0. The highest BCUT2D eigenvalue weighted by atomic mass is 19.1. The standard InChI is InChI=1S/C28H33FN4O4/c1-15-25(28(35)33-19-8-6-18(7-9-19)32-16(2)34)27-26(31-15)20(10-11-30-27)21-12-24(36-3)22(29)13-23(21)37-14-17-4-5-17/h10-13,17-19,31H,4-9,14H2,1-3H3,(H,32,34)(H,33,35)/t18-,19-. The number of hydrogen-bond donors (Lipinski definition) is 3. The van der Waals surface area contributed by atoms with Crippen LogP contribution < -0.4 is 20.1 Å². The van der Waals surface area contributed by atoms with Crippen LogP contribution in [0.4, 0.5) is 4.39 Å². The van der Waals surface area contributed by atoms with E-state index in [1.807, 2.05) is 13.0 Å². The molecule has 8 nitrogen and oxygen atoms in total. The Hall–Kier alpha value is -3.62. The summed E-state index contributed by atoms with van der Waals surface area (Å²) in [7, 11) is 1.43. The van der Waals surface area contributed by atoms with Crippen LogP contribution >= 0.6 is 0 Å².